The number of aliphatic imine (C=N–C) groups is 1. The van der Waals surface area contributed by atoms with Gasteiger partial charge in [0, 0.05) is 0 Å². The summed E-state index contributed by atoms with van der Waals surface area (Å²) in [7, 11) is 0. The zero-order valence-electron chi connectivity index (χ0n) is 12.7. The van der Waals surface area contributed by atoms with Gasteiger partial charge in [-0.25, -0.2) is 4.99 Å². The molecule has 0 fully saturated rings. The van der Waals surface area contributed by atoms with Crippen molar-refractivity contribution in [1.82, 2.24) is 4.98 Å². The van der Waals surface area contributed by atoms with Gasteiger partial charge in [0.05, 0.1) is 34.5 Å². The van der Waals surface area contributed by atoms with Gasteiger partial charge < -0.3 is 10.1 Å². The molecule has 4 rings (SSSR count). The van der Waals surface area contributed by atoms with E-state index in [2.05, 4.69) is 16.0 Å². The monoisotopic (exact) mass is 315 g/mol. The fourth-order valence-corrected chi connectivity index (χ4v) is 3.07. The van der Waals surface area contributed by atoms with Gasteiger partial charge in [-0.1, -0.05) is 48.6 Å². The number of fused-ring (bicyclic) bond motifs is 1. The number of rotatable bonds is 2. The molecule has 0 radical (unpaired) electrons. The fraction of sp³-hybridized carbons (Fsp3) is 0.105. The second-order valence-electron chi connectivity index (χ2n) is 5.72. The summed E-state index contributed by atoms with van der Waals surface area (Å²) >= 11 is 0. The third-order valence-electron chi connectivity index (χ3n) is 4.25. The molecule has 116 valence electrons. The normalized spacial score (nSPS) is 18.8. The molecule has 0 bridgehead atoms. The Hall–Kier alpha value is -3.39. The molecule has 0 saturated heterocycles. The van der Waals surface area contributed by atoms with Crippen molar-refractivity contribution in [2.75, 3.05) is 0 Å². The van der Waals surface area contributed by atoms with Gasteiger partial charge in [-0.05, 0) is 17.6 Å². The minimum absolute atomic E-state index is 0.0647. The summed E-state index contributed by atoms with van der Waals surface area (Å²) in [4.78, 5) is 19.5. The third-order valence-corrected chi connectivity index (χ3v) is 4.25. The molecule has 1 amide bonds. The van der Waals surface area contributed by atoms with E-state index in [-0.39, 0.29) is 17.7 Å². The van der Waals surface area contributed by atoms with Gasteiger partial charge in [0.1, 0.15) is 0 Å². The summed E-state index contributed by atoms with van der Waals surface area (Å²) in [6.45, 7) is 0. The molecule has 2 aliphatic rings. The van der Waals surface area contributed by atoms with Gasteiger partial charge in [0.2, 0.25) is 0 Å². The van der Waals surface area contributed by atoms with E-state index < -0.39 is 0 Å². The average molecular weight is 315 g/mol. The number of nitrogens with one attached hydrogen (secondary N) is 1. The lowest BCUT2D eigenvalue weighted by atomic mass is 9.93. The highest BCUT2D eigenvalue weighted by Crippen LogP contribution is 2.38. The molecule has 1 atom stereocenters. The molecule has 1 aliphatic heterocycles. The Morgan fingerprint density at radius 1 is 1.25 bits per heavy atom. The van der Waals surface area contributed by atoms with Crippen molar-refractivity contribution in [2.24, 2.45) is 10.9 Å². The van der Waals surface area contributed by atoms with E-state index in [1.165, 1.54) is 0 Å². The quantitative estimate of drug-likeness (QED) is 0.890. The zero-order chi connectivity index (χ0) is 16.7. The molecule has 1 aromatic carbocycles. The first kappa shape index (κ1) is 14.2. The maximum absolute atomic E-state index is 12.4. The maximum Gasteiger partial charge on any atom is 0.280 e. The van der Waals surface area contributed by atoms with Crippen molar-refractivity contribution in [2.45, 2.75) is 6.42 Å². The van der Waals surface area contributed by atoms with Gasteiger partial charge in [-0.2, -0.15) is 5.26 Å². The van der Waals surface area contributed by atoms with E-state index in [0.29, 0.717) is 29.0 Å². The molecule has 5 nitrogen and oxygen atoms in total. The smallest absolute Gasteiger partial charge is 0.280 e. The number of nitriles is 1. The van der Waals surface area contributed by atoms with Crippen LogP contribution in [0.5, 0.6) is 5.88 Å². The first-order valence-corrected chi connectivity index (χ1v) is 7.61. The summed E-state index contributed by atoms with van der Waals surface area (Å²) in [5, 5.41) is 19.3. The van der Waals surface area contributed by atoms with Crippen LogP contribution in [0, 0.1) is 17.2 Å². The summed E-state index contributed by atoms with van der Waals surface area (Å²) in [5.41, 5.74) is 3.43. The van der Waals surface area contributed by atoms with E-state index >= 15 is 0 Å². The van der Waals surface area contributed by atoms with E-state index in [1.54, 1.807) is 12.2 Å². The Kier molecular flexibility index (Phi) is 3.17. The number of aromatic hydroxyl groups is 1. The van der Waals surface area contributed by atoms with Crippen LogP contribution in [-0.2, 0) is 0 Å². The lowest BCUT2D eigenvalue weighted by Crippen LogP contribution is -2.05. The largest absolute Gasteiger partial charge is 0.494 e. The first-order valence-electron chi connectivity index (χ1n) is 7.61. The van der Waals surface area contributed by atoms with Crippen molar-refractivity contribution in [3.63, 3.8) is 0 Å². The zero-order valence-corrected chi connectivity index (χ0v) is 12.7. The van der Waals surface area contributed by atoms with Gasteiger partial charge >= 0.3 is 0 Å². The number of benzene rings is 1. The molecular weight excluding hydrogens is 302 g/mol. The number of aromatic nitrogens is 1. The van der Waals surface area contributed by atoms with Crippen LogP contribution in [0.1, 0.15) is 22.3 Å². The highest BCUT2D eigenvalue weighted by Gasteiger charge is 2.34. The predicted octanol–water partition coefficient (Wildman–Crippen LogP) is 3.36. The number of allylic oxidation sites excluding steroid dienone is 4. The van der Waals surface area contributed by atoms with Crippen LogP contribution in [0.25, 0.3) is 11.3 Å². The Morgan fingerprint density at radius 2 is 2.04 bits per heavy atom. The summed E-state index contributed by atoms with van der Waals surface area (Å²) in [6, 6.07) is 11.6. The van der Waals surface area contributed by atoms with Crippen LogP contribution >= 0.6 is 0 Å². The highest BCUT2D eigenvalue weighted by molar-refractivity contribution is 6.31. The number of hydrogen-bond acceptors (Lipinski definition) is 3. The molecule has 2 heterocycles. The molecule has 2 aromatic rings. The van der Waals surface area contributed by atoms with E-state index in [9.17, 15) is 9.90 Å². The highest BCUT2D eigenvalue weighted by atomic mass is 16.3. The van der Waals surface area contributed by atoms with Crippen LogP contribution in [0.4, 0.5) is 0 Å². The Morgan fingerprint density at radius 3 is 2.71 bits per heavy atom. The van der Waals surface area contributed by atoms with Crippen molar-refractivity contribution in [3.8, 4) is 23.2 Å². The van der Waals surface area contributed by atoms with Crippen LogP contribution in [-0.4, -0.2) is 21.7 Å². The molecule has 0 spiro atoms. The minimum Gasteiger partial charge on any atom is -0.494 e. The fourth-order valence-electron chi connectivity index (χ4n) is 3.07. The summed E-state index contributed by atoms with van der Waals surface area (Å²) in [6.07, 6.45) is 6.03. The molecule has 1 aromatic heterocycles. The summed E-state index contributed by atoms with van der Waals surface area (Å²) in [5.74, 6) is -0.595. The van der Waals surface area contributed by atoms with Gasteiger partial charge in [0.15, 0.2) is 5.88 Å². The van der Waals surface area contributed by atoms with Gasteiger partial charge in [0.25, 0.3) is 5.91 Å². The number of hydrogen-bond donors (Lipinski definition) is 2. The lowest BCUT2D eigenvalue weighted by Gasteiger charge is -2.10. The first-order chi connectivity index (χ1) is 11.7. The molecule has 5 heteroatoms. The molecule has 24 heavy (non-hydrogen) atoms. The molecule has 1 aliphatic carbocycles. The predicted molar refractivity (Wildman–Crippen MR) is 89.7 cm³/mol. The van der Waals surface area contributed by atoms with E-state index in [1.807, 2.05) is 36.4 Å². The van der Waals surface area contributed by atoms with Gasteiger partial charge in [-0.15, -0.1) is 0 Å². The minimum atomic E-state index is -0.368. The topological polar surface area (TPSA) is 89.2 Å². The molecule has 1 unspecified atom stereocenters. The Bertz CT molecular complexity index is 972. The molecule has 2 N–H and O–H groups in total. The third kappa shape index (κ3) is 2.09. The van der Waals surface area contributed by atoms with Crippen molar-refractivity contribution in [1.29, 1.82) is 5.26 Å². The average Bonchev–Trinajstić information content (AvgIpc) is 3.15. The van der Waals surface area contributed by atoms with Gasteiger partial charge in [-0.3, -0.25) is 4.79 Å². The van der Waals surface area contributed by atoms with Crippen molar-refractivity contribution in [3.05, 3.63) is 65.3 Å². The Balaban J connectivity index is 1.80. The SMILES string of the molecule is N#CC1C=CC(C2=NC(=O)c3c(-c4ccccc4)[nH]c(O)c32)=CC1. The number of carbonyl (C=O) groups is 1. The maximum atomic E-state index is 12.4. The van der Waals surface area contributed by atoms with Crippen LogP contribution in [0.15, 0.2) is 59.1 Å². The second kappa shape index (κ2) is 5.36. The van der Waals surface area contributed by atoms with E-state index in [0.717, 1.165) is 11.1 Å². The number of aromatic amines is 1. The lowest BCUT2D eigenvalue weighted by molar-refractivity contribution is 0.101. The Labute approximate surface area is 138 Å². The second-order valence-corrected chi connectivity index (χ2v) is 5.72. The van der Waals surface area contributed by atoms with E-state index in [4.69, 9.17) is 5.26 Å². The summed E-state index contributed by atoms with van der Waals surface area (Å²) < 4.78 is 0. The molecule has 0 saturated carbocycles. The molecular formula is C19H13N3O2. The van der Waals surface area contributed by atoms with Crippen molar-refractivity contribution < 1.29 is 9.90 Å². The standard InChI is InChI=1S/C19H13N3O2/c20-10-11-6-8-13(9-7-11)17-15-14(18(23)22-17)16(21-19(15)24)12-4-2-1-3-5-12/h1-6,8-9,11,21,24H,7H2. The number of amides is 1. The number of carbonyl (C=O) groups excluding carboxylic acids is 1. The van der Waals surface area contributed by atoms with Crippen molar-refractivity contribution >= 4 is 11.6 Å². The van der Waals surface area contributed by atoms with Crippen LogP contribution in [0.2, 0.25) is 0 Å². The number of H-pyrrole nitrogens is 1. The number of nitrogens with zero attached hydrogens (tertiary/aromatic N) is 2. The van der Waals surface area contributed by atoms with Crippen LogP contribution < -0.4 is 0 Å². The van der Waals surface area contributed by atoms with Crippen LogP contribution in [0.3, 0.4) is 0 Å².